The first-order chi connectivity index (χ1) is 16.9. The Balaban J connectivity index is 1.28. The largest absolute Gasteiger partial charge is 0.435 e. The lowest BCUT2D eigenvalue weighted by Gasteiger charge is -2.36. The highest BCUT2D eigenvalue weighted by atomic mass is 35.5. The summed E-state index contributed by atoms with van der Waals surface area (Å²) in [4.78, 5) is 22.3. The smallest absolute Gasteiger partial charge is 0.289 e. The van der Waals surface area contributed by atoms with Crippen molar-refractivity contribution < 1.29 is 9.21 Å². The maximum Gasteiger partial charge on any atom is 0.289 e. The number of anilines is 1. The topological polar surface area (TPSA) is 61.6 Å². The summed E-state index contributed by atoms with van der Waals surface area (Å²) < 4.78 is 5.90. The lowest BCUT2D eigenvalue weighted by atomic mass is 10.1. The van der Waals surface area contributed by atoms with E-state index in [9.17, 15) is 4.79 Å². The van der Waals surface area contributed by atoms with Gasteiger partial charge in [0.05, 0.1) is 15.7 Å². The molecule has 1 saturated heterocycles. The Morgan fingerprint density at radius 3 is 2.51 bits per heavy atom. The van der Waals surface area contributed by atoms with E-state index in [1.54, 1.807) is 0 Å². The van der Waals surface area contributed by atoms with E-state index in [1.807, 2.05) is 48.5 Å². The van der Waals surface area contributed by atoms with Crippen molar-refractivity contribution in [3.63, 3.8) is 0 Å². The Morgan fingerprint density at radius 1 is 1.06 bits per heavy atom. The molecule has 1 aliphatic heterocycles. The number of hydrogen-bond acceptors (Lipinski definition) is 5. The first-order valence-electron chi connectivity index (χ1n) is 12.2. The molecule has 0 atom stereocenters. The SMILES string of the molecule is CC(C)Cc1nc(-c2ccccc2)c(C(=O)NCCCN2CCN(c3cccc(Cl)c3Cl)CC2)o1. The zero-order chi connectivity index (χ0) is 24.8. The molecule has 1 amide bonds. The molecule has 0 aliphatic carbocycles. The van der Waals surface area contributed by atoms with Crippen molar-refractivity contribution in [2.24, 2.45) is 5.92 Å². The molecule has 1 fully saturated rings. The summed E-state index contributed by atoms with van der Waals surface area (Å²) in [5.74, 6) is 1.07. The highest BCUT2D eigenvalue weighted by Gasteiger charge is 2.23. The lowest BCUT2D eigenvalue weighted by Crippen LogP contribution is -2.47. The van der Waals surface area contributed by atoms with E-state index in [2.05, 4.69) is 33.9 Å². The van der Waals surface area contributed by atoms with Gasteiger partial charge in [-0.3, -0.25) is 9.69 Å². The van der Waals surface area contributed by atoms with E-state index in [0.717, 1.165) is 50.4 Å². The van der Waals surface area contributed by atoms with Gasteiger partial charge in [-0.25, -0.2) is 4.98 Å². The average molecular weight is 515 g/mol. The van der Waals surface area contributed by atoms with Crippen LogP contribution < -0.4 is 10.2 Å². The molecular formula is C27H32Cl2N4O2. The quantitative estimate of drug-likeness (QED) is 0.366. The Hall–Kier alpha value is -2.54. The predicted molar refractivity (Wildman–Crippen MR) is 143 cm³/mol. The summed E-state index contributed by atoms with van der Waals surface area (Å²) >= 11 is 12.6. The second-order valence-electron chi connectivity index (χ2n) is 9.26. The minimum absolute atomic E-state index is 0.216. The van der Waals surface area contributed by atoms with Crippen LogP contribution >= 0.6 is 23.2 Å². The molecule has 6 nitrogen and oxygen atoms in total. The molecule has 0 radical (unpaired) electrons. The van der Waals surface area contributed by atoms with Gasteiger partial charge in [0.2, 0.25) is 5.76 Å². The summed E-state index contributed by atoms with van der Waals surface area (Å²) in [6.45, 7) is 9.37. The number of rotatable bonds is 9. The van der Waals surface area contributed by atoms with Gasteiger partial charge in [-0.2, -0.15) is 0 Å². The summed E-state index contributed by atoms with van der Waals surface area (Å²) in [6, 6.07) is 15.5. The molecule has 186 valence electrons. The van der Waals surface area contributed by atoms with E-state index in [4.69, 9.17) is 27.6 Å². The third-order valence-electron chi connectivity index (χ3n) is 6.09. The van der Waals surface area contributed by atoms with Crippen LogP contribution in [-0.2, 0) is 6.42 Å². The number of carbonyl (C=O) groups is 1. The molecule has 8 heteroatoms. The van der Waals surface area contributed by atoms with Gasteiger partial charge >= 0.3 is 0 Å². The van der Waals surface area contributed by atoms with Gasteiger partial charge in [0.15, 0.2) is 5.89 Å². The standard InChI is InChI=1S/C27H32Cl2N4O2/c1-19(2)18-23-31-25(20-8-4-3-5-9-20)26(35-23)27(34)30-12-7-13-32-14-16-33(17-15-32)22-11-6-10-21(28)24(22)29/h3-6,8-11,19H,7,12-18H2,1-2H3,(H,30,34). The summed E-state index contributed by atoms with van der Waals surface area (Å²) in [7, 11) is 0. The van der Waals surface area contributed by atoms with Crippen LogP contribution in [0.5, 0.6) is 0 Å². The number of hydrogen-bond donors (Lipinski definition) is 1. The number of nitrogens with one attached hydrogen (secondary N) is 1. The Morgan fingerprint density at radius 2 is 1.80 bits per heavy atom. The Kier molecular flexibility index (Phi) is 8.71. The van der Waals surface area contributed by atoms with Crippen LogP contribution in [0.1, 0.15) is 36.7 Å². The molecule has 0 spiro atoms. The highest BCUT2D eigenvalue weighted by molar-refractivity contribution is 6.43. The number of oxazole rings is 1. The fourth-order valence-corrected chi connectivity index (χ4v) is 4.70. The molecular weight excluding hydrogens is 483 g/mol. The maximum atomic E-state index is 13.0. The molecule has 4 rings (SSSR count). The molecule has 0 unspecified atom stereocenters. The number of benzene rings is 2. The van der Waals surface area contributed by atoms with Crippen molar-refractivity contribution >= 4 is 34.8 Å². The zero-order valence-corrected chi connectivity index (χ0v) is 21.8. The van der Waals surface area contributed by atoms with Crippen molar-refractivity contribution in [3.8, 4) is 11.3 Å². The number of carbonyl (C=O) groups excluding carboxylic acids is 1. The van der Waals surface area contributed by atoms with Gasteiger partial charge in [0, 0.05) is 44.7 Å². The summed E-state index contributed by atoms with van der Waals surface area (Å²) in [5, 5.41) is 4.22. The van der Waals surface area contributed by atoms with E-state index >= 15 is 0 Å². The van der Waals surface area contributed by atoms with Crippen LogP contribution in [0, 0.1) is 5.92 Å². The average Bonchev–Trinajstić information content (AvgIpc) is 3.28. The van der Waals surface area contributed by atoms with Gasteiger partial charge in [-0.15, -0.1) is 0 Å². The fourth-order valence-electron chi connectivity index (χ4n) is 4.28. The molecule has 35 heavy (non-hydrogen) atoms. The van der Waals surface area contributed by atoms with Crippen LogP contribution in [0.4, 0.5) is 5.69 Å². The molecule has 0 saturated carbocycles. The first kappa shape index (κ1) is 25.5. The first-order valence-corrected chi connectivity index (χ1v) is 12.9. The van der Waals surface area contributed by atoms with E-state index in [0.29, 0.717) is 46.3 Å². The van der Waals surface area contributed by atoms with Gasteiger partial charge in [-0.1, -0.05) is 73.4 Å². The minimum Gasteiger partial charge on any atom is -0.435 e. The molecule has 0 bridgehead atoms. The number of nitrogens with zero attached hydrogens (tertiary/aromatic N) is 3. The van der Waals surface area contributed by atoms with Crippen LogP contribution in [0.2, 0.25) is 10.0 Å². The second-order valence-corrected chi connectivity index (χ2v) is 10.0. The normalized spacial score (nSPS) is 14.5. The van der Waals surface area contributed by atoms with Gasteiger partial charge in [0.25, 0.3) is 5.91 Å². The molecule has 2 aromatic carbocycles. The van der Waals surface area contributed by atoms with E-state index in [-0.39, 0.29) is 5.91 Å². The highest BCUT2D eigenvalue weighted by Crippen LogP contribution is 2.33. The molecule has 1 aromatic heterocycles. The van der Waals surface area contributed by atoms with Crippen molar-refractivity contribution in [1.29, 1.82) is 0 Å². The van der Waals surface area contributed by atoms with Gasteiger partial charge < -0.3 is 14.6 Å². The van der Waals surface area contributed by atoms with Crippen LogP contribution in [0.15, 0.2) is 52.9 Å². The molecule has 3 aromatic rings. The number of piperazine rings is 1. The van der Waals surface area contributed by atoms with Crippen molar-refractivity contribution in [1.82, 2.24) is 15.2 Å². The third kappa shape index (κ3) is 6.57. The summed E-state index contributed by atoms with van der Waals surface area (Å²) in [6.07, 6.45) is 1.55. The molecule has 2 heterocycles. The van der Waals surface area contributed by atoms with Crippen LogP contribution in [-0.4, -0.2) is 55.1 Å². The lowest BCUT2D eigenvalue weighted by molar-refractivity contribution is 0.0922. The Bertz CT molecular complexity index is 1130. The van der Waals surface area contributed by atoms with Gasteiger partial charge in [0.1, 0.15) is 5.69 Å². The zero-order valence-electron chi connectivity index (χ0n) is 20.3. The van der Waals surface area contributed by atoms with Crippen molar-refractivity contribution in [3.05, 3.63) is 70.2 Å². The predicted octanol–water partition coefficient (Wildman–Crippen LogP) is 5.79. The van der Waals surface area contributed by atoms with Gasteiger partial charge in [-0.05, 0) is 31.0 Å². The number of aromatic nitrogens is 1. The summed E-state index contributed by atoms with van der Waals surface area (Å²) in [5.41, 5.74) is 2.48. The minimum atomic E-state index is -0.216. The fraction of sp³-hybridized carbons (Fsp3) is 0.407. The second kappa shape index (κ2) is 11.9. The number of halogens is 2. The Labute approximate surface area is 217 Å². The van der Waals surface area contributed by atoms with Crippen molar-refractivity contribution in [2.75, 3.05) is 44.2 Å². The molecule has 1 N–H and O–H groups in total. The number of amides is 1. The van der Waals surface area contributed by atoms with E-state index < -0.39 is 0 Å². The third-order valence-corrected chi connectivity index (χ3v) is 6.90. The van der Waals surface area contributed by atoms with Crippen molar-refractivity contribution in [2.45, 2.75) is 26.7 Å². The monoisotopic (exact) mass is 514 g/mol. The maximum absolute atomic E-state index is 13.0. The van der Waals surface area contributed by atoms with E-state index in [1.165, 1.54) is 0 Å². The molecule has 1 aliphatic rings. The van der Waals surface area contributed by atoms with Crippen LogP contribution in [0.25, 0.3) is 11.3 Å². The van der Waals surface area contributed by atoms with Crippen LogP contribution in [0.3, 0.4) is 0 Å².